The molecule has 5 nitrogen and oxygen atoms in total. The van der Waals surface area contributed by atoms with Gasteiger partial charge in [-0.15, -0.1) is 0 Å². The molecule has 2 N–H and O–H groups in total. The number of rotatable bonds is 4. The molecule has 0 aromatic carbocycles. The van der Waals surface area contributed by atoms with E-state index in [2.05, 4.69) is 9.97 Å². The van der Waals surface area contributed by atoms with Crippen LogP contribution in [0.3, 0.4) is 0 Å². The molecule has 3 rings (SSSR count). The zero-order valence-corrected chi connectivity index (χ0v) is 14.1. The number of nitrogens with zero attached hydrogens (tertiary/aromatic N) is 3. The Labute approximate surface area is 144 Å². The number of carbonyl (C=O) groups excluding carboxylic acids is 1. The number of fused-ring (bicyclic) bond motifs is 1. The van der Waals surface area contributed by atoms with Gasteiger partial charge in [0, 0.05) is 30.8 Å². The average Bonchev–Trinajstić information content (AvgIpc) is 2.58. The number of aryl methyl sites for hydroxylation is 1. The second-order valence-electron chi connectivity index (χ2n) is 6.96. The van der Waals surface area contributed by atoms with Crippen LogP contribution in [-0.2, 0) is 23.8 Å². The molecule has 2 aliphatic rings. The van der Waals surface area contributed by atoms with Crippen molar-refractivity contribution in [2.24, 2.45) is 11.7 Å². The second-order valence-corrected chi connectivity index (χ2v) is 6.96. The molecule has 0 spiro atoms. The van der Waals surface area contributed by atoms with Gasteiger partial charge in [-0.2, -0.15) is 13.2 Å². The molecule has 1 aromatic heterocycles. The Kier molecular flexibility index (Phi) is 5.15. The van der Waals surface area contributed by atoms with Crippen LogP contribution < -0.4 is 10.6 Å². The van der Waals surface area contributed by atoms with E-state index in [1.807, 2.05) is 4.90 Å². The van der Waals surface area contributed by atoms with Gasteiger partial charge in [0.1, 0.15) is 0 Å². The van der Waals surface area contributed by atoms with Crippen molar-refractivity contribution in [3.8, 4) is 0 Å². The number of primary amides is 1. The number of halogens is 3. The number of alkyl halides is 3. The summed E-state index contributed by atoms with van der Waals surface area (Å²) in [6, 6.07) is 0. The zero-order chi connectivity index (χ0) is 18.0. The SMILES string of the molecule is NC(=O)CC[C@@H]1CCCN(c2nc3c(c(C(F)(F)F)n2)CCCC3)C1. The fraction of sp³-hybridized carbons (Fsp3) is 0.706. The number of amides is 1. The van der Waals surface area contributed by atoms with Crippen molar-refractivity contribution < 1.29 is 18.0 Å². The van der Waals surface area contributed by atoms with Gasteiger partial charge in [-0.05, 0) is 50.9 Å². The minimum atomic E-state index is -4.46. The summed E-state index contributed by atoms with van der Waals surface area (Å²) in [7, 11) is 0. The molecule has 25 heavy (non-hydrogen) atoms. The van der Waals surface area contributed by atoms with E-state index in [4.69, 9.17) is 5.73 Å². The van der Waals surface area contributed by atoms with Crippen LogP contribution >= 0.6 is 0 Å². The number of hydrogen-bond acceptors (Lipinski definition) is 4. The normalized spacial score (nSPS) is 21.1. The molecule has 1 amide bonds. The quantitative estimate of drug-likeness (QED) is 0.900. The third-order valence-corrected chi connectivity index (χ3v) is 5.04. The highest BCUT2D eigenvalue weighted by atomic mass is 19.4. The Bertz CT molecular complexity index is 648. The molecule has 138 valence electrons. The van der Waals surface area contributed by atoms with Crippen molar-refractivity contribution >= 4 is 11.9 Å². The first-order valence-electron chi connectivity index (χ1n) is 8.85. The highest BCUT2D eigenvalue weighted by Gasteiger charge is 2.38. The van der Waals surface area contributed by atoms with Crippen LogP contribution in [0.25, 0.3) is 0 Å². The van der Waals surface area contributed by atoms with Gasteiger partial charge in [0.05, 0.1) is 0 Å². The minimum Gasteiger partial charge on any atom is -0.370 e. The Balaban J connectivity index is 1.85. The summed E-state index contributed by atoms with van der Waals surface area (Å²) in [5.41, 5.74) is 5.24. The summed E-state index contributed by atoms with van der Waals surface area (Å²) in [6.45, 7) is 1.21. The lowest BCUT2D eigenvalue weighted by Gasteiger charge is -2.33. The summed E-state index contributed by atoms with van der Waals surface area (Å²) in [5.74, 6) is 0.0634. The number of piperidine rings is 1. The Morgan fingerprint density at radius 3 is 2.68 bits per heavy atom. The predicted molar refractivity (Wildman–Crippen MR) is 87.0 cm³/mol. The van der Waals surface area contributed by atoms with E-state index in [-0.39, 0.29) is 23.3 Å². The molecule has 2 heterocycles. The topological polar surface area (TPSA) is 72.1 Å². The van der Waals surface area contributed by atoms with Crippen LogP contribution in [-0.4, -0.2) is 29.0 Å². The highest BCUT2D eigenvalue weighted by molar-refractivity contribution is 5.73. The summed E-state index contributed by atoms with van der Waals surface area (Å²) in [4.78, 5) is 21.2. The number of carbonyl (C=O) groups is 1. The Hall–Kier alpha value is -1.86. The predicted octanol–water partition coefficient (Wildman–Crippen LogP) is 2.86. The van der Waals surface area contributed by atoms with Crippen LogP contribution in [0.5, 0.6) is 0 Å². The van der Waals surface area contributed by atoms with Gasteiger partial charge in [-0.25, -0.2) is 9.97 Å². The maximum absolute atomic E-state index is 13.4. The van der Waals surface area contributed by atoms with Gasteiger partial charge >= 0.3 is 6.18 Å². The van der Waals surface area contributed by atoms with Gasteiger partial charge in [0.15, 0.2) is 5.69 Å². The molecule has 1 atom stereocenters. The molecule has 1 aliphatic carbocycles. The van der Waals surface area contributed by atoms with Crippen LogP contribution in [0.2, 0.25) is 0 Å². The lowest BCUT2D eigenvalue weighted by atomic mass is 9.93. The van der Waals surface area contributed by atoms with Crippen LogP contribution in [0.1, 0.15) is 55.5 Å². The van der Waals surface area contributed by atoms with Crippen molar-refractivity contribution in [3.63, 3.8) is 0 Å². The van der Waals surface area contributed by atoms with Crippen LogP contribution in [0, 0.1) is 5.92 Å². The first-order valence-corrected chi connectivity index (χ1v) is 8.85. The fourth-order valence-corrected chi connectivity index (χ4v) is 3.79. The van der Waals surface area contributed by atoms with Crippen molar-refractivity contribution in [2.45, 2.75) is 57.5 Å². The second kappa shape index (κ2) is 7.17. The van der Waals surface area contributed by atoms with Crippen molar-refractivity contribution in [3.05, 3.63) is 17.0 Å². The van der Waals surface area contributed by atoms with E-state index in [9.17, 15) is 18.0 Å². The number of nitrogens with two attached hydrogens (primary N) is 1. The molecule has 0 saturated carbocycles. The van der Waals surface area contributed by atoms with Crippen molar-refractivity contribution in [1.82, 2.24) is 9.97 Å². The van der Waals surface area contributed by atoms with Gasteiger partial charge in [-0.1, -0.05) is 0 Å². The van der Waals surface area contributed by atoms with Gasteiger partial charge in [-0.3, -0.25) is 4.79 Å². The molecule has 1 fully saturated rings. The Morgan fingerprint density at radius 1 is 1.20 bits per heavy atom. The average molecular weight is 356 g/mol. The first-order chi connectivity index (χ1) is 11.8. The largest absolute Gasteiger partial charge is 0.433 e. The smallest absolute Gasteiger partial charge is 0.370 e. The van der Waals surface area contributed by atoms with E-state index in [0.29, 0.717) is 44.5 Å². The van der Waals surface area contributed by atoms with Gasteiger partial charge in [0.25, 0.3) is 0 Å². The van der Waals surface area contributed by atoms with E-state index in [1.54, 1.807) is 0 Å². The molecule has 1 saturated heterocycles. The summed E-state index contributed by atoms with van der Waals surface area (Å²) < 4.78 is 40.3. The van der Waals surface area contributed by atoms with Crippen molar-refractivity contribution in [2.75, 3.05) is 18.0 Å². The lowest BCUT2D eigenvalue weighted by molar-refractivity contribution is -0.142. The molecule has 0 radical (unpaired) electrons. The molecule has 0 bridgehead atoms. The molecule has 1 aliphatic heterocycles. The van der Waals surface area contributed by atoms with Crippen LogP contribution in [0.15, 0.2) is 0 Å². The zero-order valence-electron chi connectivity index (χ0n) is 14.1. The molecule has 0 unspecified atom stereocenters. The Morgan fingerprint density at radius 2 is 1.96 bits per heavy atom. The van der Waals surface area contributed by atoms with Gasteiger partial charge < -0.3 is 10.6 Å². The van der Waals surface area contributed by atoms with E-state index in [1.165, 1.54) is 0 Å². The maximum Gasteiger partial charge on any atom is 0.433 e. The van der Waals surface area contributed by atoms with Crippen molar-refractivity contribution in [1.29, 1.82) is 0 Å². The van der Waals surface area contributed by atoms with E-state index < -0.39 is 11.9 Å². The summed E-state index contributed by atoms with van der Waals surface area (Å²) in [5, 5.41) is 0. The first kappa shape index (κ1) is 17.9. The molecule has 8 heteroatoms. The summed E-state index contributed by atoms with van der Waals surface area (Å²) >= 11 is 0. The molecular weight excluding hydrogens is 333 g/mol. The number of hydrogen-bond donors (Lipinski definition) is 1. The van der Waals surface area contributed by atoms with Crippen LogP contribution in [0.4, 0.5) is 19.1 Å². The number of anilines is 1. The fourth-order valence-electron chi connectivity index (χ4n) is 3.79. The molecular formula is C17H23F3N4O. The standard InChI is InChI=1S/C17H23F3N4O/c18-17(19,20)15-12-5-1-2-6-13(12)22-16(23-15)24-9-3-4-11(10-24)7-8-14(21)25/h11H,1-10H2,(H2,21,25)/t11-/m0/s1. The van der Waals surface area contributed by atoms with E-state index in [0.717, 1.165) is 25.7 Å². The number of aromatic nitrogens is 2. The lowest BCUT2D eigenvalue weighted by Crippen LogP contribution is -2.38. The third kappa shape index (κ3) is 4.22. The third-order valence-electron chi connectivity index (χ3n) is 5.04. The van der Waals surface area contributed by atoms with Gasteiger partial charge in [0.2, 0.25) is 11.9 Å². The van der Waals surface area contributed by atoms with E-state index >= 15 is 0 Å². The maximum atomic E-state index is 13.4. The molecule has 1 aromatic rings. The minimum absolute atomic E-state index is 0.178. The highest BCUT2D eigenvalue weighted by Crippen LogP contribution is 2.36. The summed E-state index contributed by atoms with van der Waals surface area (Å²) in [6.07, 6.45) is 0.880. The monoisotopic (exact) mass is 356 g/mol.